The van der Waals surface area contributed by atoms with E-state index in [0.717, 1.165) is 44.3 Å². The van der Waals surface area contributed by atoms with Gasteiger partial charge in [-0.1, -0.05) is 36.4 Å². The van der Waals surface area contributed by atoms with Gasteiger partial charge in [-0.25, -0.2) is 0 Å². The van der Waals surface area contributed by atoms with E-state index >= 15 is 0 Å². The molecule has 0 bridgehead atoms. The van der Waals surface area contributed by atoms with E-state index in [9.17, 15) is 9.59 Å². The SMILES string of the molecule is Cc1[nH]c2ccccc2c1C1=C(c2c(C)[nH]c3ccccc23)C(=O)[N]([AlH][I])C1=O. The Morgan fingerprint density at radius 2 is 1.17 bits per heavy atom. The molecule has 2 aromatic heterocycles. The maximum Gasteiger partial charge on any atom is 0.491 e. The van der Waals surface area contributed by atoms with Crippen LogP contribution in [-0.2, 0) is 9.59 Å². The summed E-state index contributed by atoms with van der Waals surface area (Å²) in [5, 5.41) is 1.93. The summed E-state index contributed by atoms with van der Waals surface area (Å²) in [6.45, 7) is 3.92. The number of benzene rings is 2. The maximum atomic E-state index is 13.4. The second-order valence-corrected chi connectivity index (χ2v) is 10.2. The van der Waals surface area contributed by atoms with Crippen LogP contribution < -0.4 is 0 Å². The number of nitrogens with one attached hydrogen (secondary N) is 2. The number of fused-ring (bicyclic) bond motifs is 2. The number of amides is 2. The molecule has 2 amide bonds. The molecule has 0 atom stereocenters. The number of carbonyl (C=O) groups is 2. The van der Waals surface area contributed by atoms with E-state index < -0.39 is 12.2 Å². The summed E-state index contributed by atoms with van der Waals surface area (Å²) >= 11 is 1.18. The molecular formula is C22H17AlIN3O2. The lowest BCUT2D eigenvalue weighted by molar-refractivity contribution is -0.130. The number of rotatable bonds is 3. The van der Waals surface area contributed by atoms with E-state index in [1.165, 1.54) is 3.88 Å². The first-order chi connectivity index (χ1) is 14.0. The lowest BCUT2D eigenvalue weighted by Crippen LogP contribution is -2.32. The second-order valence-electron chi connectivity index (χ2n) is 7.25. The normalized spacial score (nSPS) is 14.7. The number of H-pyrrole nitrogens is 2. The van der Waals surface area contributed by atoms with Crippen LogP contribution in [0.25, 0.3) is 33.0 Å². The molecule has 4 aromatic rings. The zero-order valence-corrected chi connectivity index (χ0v) is 19.5. The van der Waals surface area contributed by atoms with Crippen molar-refractivity contribution in [2.75, 3.05) is 0 Å². The van der Waals surface area contributed by atoms with Gasteiger partial charge in [0.1, 0.15) is 0 Å². The average molecular weight is 509 g/mol. The first-order valence-electron chi connectivity index (χ1n) is 9.34. The smallest absolute Gasteiger partial charge is 0.362 e. The standard InChI is InChI=1S/C22H17N3O2.Al.HI.H/c1-11-17(13-7-3-5-9-15(13)23-11)19-20(22(27)25-21(19)26)18-12(2)24-16-10-6-4-8-14(16)18;;;/h3-10H,1-2H3,(H3,23,24,25,26,27);;1H;/q;+2;;/p-2. The molecule has 0 fully saturated rings. The molecule has 0 radical (unpaired) electrons. The molecule has 2 N–H and O–H groups in total. The van der Waals surface area contributed by atoms with Crippen LogP contribution in [0.1, 0.15) is 22.5 Å². The highest BCUT2D eigenvalue weighted by atomic mass is 127. The van der Waals surface area contributed by atoms with Gasteiger partial charge < -0.3 is 13.9 Å². The highest BCUT2D eigenvalue weighted by Gasteiger charge is 2.41. The zero-order valence-electron chi connectivity index (χ0n) is 16.0. The minimum absolute atomic E-state index is 0.177. The number of nitrogens with zero attached hydrogens (tertiary/aromatic N) is 1. The molecular weight excluding hydrogens is 492 g/mol. The van der Waals surface area contributed by atoms with Crippen molar-refractivity contribution in [2.24, 2.45) is 0 Å². The summed E-state index contributed by atoms with van der Waals surface area (Å²) < 4.78 is 1.47. The molecule has 0 saturated carbocycles. The third-order valence-corrected chi connectivity index (χ3v) is 8.43. The van der Waals surface area contributed by atoms with Gasteiger partial charge in [-0.2, -0.15) is 20.3 Å². The second kappa shape index (κ2) is 6.87. The van der Waals surface area contributed by atoms with E-state index in [1.54, 1.807) is 0 Å². The van der Waals surface area contributed by atoms with Crippen molar-refractivity contribution >= 4 is 77.2 Å². The number of aryl methyl sites for hydroxylation is 2. The lowest BCUT2D eigenvalue weighted by Gasteiger charge is -2.11. The average Bonchev–Trinajstić information content (AvgIpc) is 3.29. The molecule has 0 spiro atoms. The number of imide groups is 1. The summed E-state index contributed by atoms with van der Waals surface area (Å²) in [5.41, 5.74) is 6.42. The third-order valence-electron chi connectivity index (χ3n) is 5.57. The van der Waals surface area contributed by atoms with Gasteiger partial charge in [-0.3, -0.25) is 9.59 Å². The van der Waals surface area contributed by atoms with Crippen LogP contribution in [0.5, 0.6) is 0 Å². The van der Waals surface area contributed by atoms with E-state index in [0.29, 0.717) is 11.1 Å². The summed E-state index contributed by atoms with van der Waals surface area (Å²) in [6.07, 6.45) is 0. The summed E-state index contributed by atoms with van der Waals surface area (Å²) in [5.74, 6) is -0.354. The number of hydrogen-bond acceptors (Lipinski definition) is 2. The van der Waals surface area contributed by atoms with Gasteiger partial charge in [-0.15, -0.1) is 0 Å². The van der Waals surface area contributed by atoms with Crippen LogP contribution in [0.4, 0.5) is 0 Å². The van der Waals surface area contributed by atoms with Crippen molar-refractivity contribution in [2.45, 2.75) is 13.8 Å². The molecule has 3 heterocycles. The van der Waals surface area contributed by atoms with Crippen molar-refractivity contribution < 1.29 is 9.59 Å². The molecule has 0 saturated heterocycles. The predicted octanol–water partition coefficient (Wildman–Crippen LogP) is 4.25. The Hall–Kier alpha value is -2.34. The van der Waals surface area contributed by atoms with E-state index in [1.807, 2.05) is 62.4 Å². The topological polar surface area (TPSA) is 69.0 Å². The van der Waals surface area contributed by atoms with Gasteiger partial charge in [0.25, 0.3) is 0 Å². The Balaban J connectivity index is 1.92. The Morgan fingerprint density at radius 1 is 0.759 bits per heavy atom. The molecule has 1 aliphatic rings. The Kier molecular flexibility index (Phi) is 4.42. The zero-order chi connectivity index (χ0) is 20.3. The van der Waals surface area contributed by atoms with Crippen LogP contribution in [0.15, 0.2) is 48.5 Å². The van der Waals surface area contributed by atoms with Gasteiger partial charge in [0.2, 0.25) is 11.8 Å². The van der Waals surface area contributed by atoms with Gasteiger partial charge in [-0.05, 0) is 26.0 Å². The van der Waals surface area contributed by atoms with Gasteiger partial charge >= 0.3 is 12.2 Å². The number of aromatic amines is 2. The number of hydrogen-bond donors (Lipinski definition) is 2. The molecule has 0 aliphatic carbocycles. The van der Waals surface area contributed by atoms with Crippen molar-refractivity contribution in [3.05, 3.63) is 71.0 Å². The van der Waals surface area contributed by atoms with Gasteiger partial charge in [0, 0.05) is 44.3 Å². The van der Waals surface area contributed by atoms with E-state index in [2.05, 4.69) is 30.2 Å². The largest absolute Gasteiger partial charge is 0.491 e. The van der Waals surface area contributed by atoms with Crippen molar-refractivity contribution in [1.29, 1.82) is 0 Å². The summed E-state index contributed by atoms with van der Waals surface area (Å²) in [7, 11) is 0. The maximum absolute atomic E-state index is 13.4. The van der Waals surface area contributed by atoms with Crippen LogP contribution in [0.3, 0.4) is 0 Å². The molecule has 7 heteroatoms. The molecule has 5 rings (SSSR count). The number of carbonyl (C=O) groups excluding carboxylic acids is 2. The fourth-order valence-electron chi connectivity index (χ4n) is 4.35. The molecule has 29 heavy (non-hydrogen) atoms. The molecule has 142 valence electrons. The van der Waals surface area contributed by atoms with E-state index in [-0.39, 0.29) is 11.8 Å². The summed E-state index contributed by atoms with van der Waals surface area (Å²) in [6, 6.07) is 15.8. The Morgan fingerprint density at radius 3 is 1.59 bits per heavy atom. The van der Waals surface area contributed by atoms with Gasteiger partial charge in [0.05, 0.1) is 11.1 Å². The number of para-hydroxylation sites is 2. The highest BCUT2D eigenvalue weighted by molar-refractivity contribution is 14.1. The van der Waals surface area contributed by atoms with Crippen LogP contribution >= 0.6 is 20.3 Å². The highest BCUT2D eigenvalue weighted by Crippen LogP contribution is 2.42. The minimum Gasteiger partial charge on any atom is -0.362 e. The molecule has 2 aromatic carbocycles. The van der Waals surface area contributed by atoms with Gasteiger partial charge in [0.15, 0.2) is 0 Å². The molecule has 1 aliphatic heterocycles. The van der Waals surface area contributed by atoms with Crippen LogP contribution in [0.2, 0.25) is 0 Å². The van der Waals surface area contributed by atoms with Crippen molar-refractivity contribution in [3.63, 3.8) is 0 Å². The van der Waals surface area contributed by atoms with E-state index in [4.69, 9.17) is 0 Å². The third kappa shape index (κ3) is 2.65. The predicted molar refractivity (Wildman–Crippen MR) is 126 cm³/mol. The first-order valence-corrected chi connectivity index (χ1v) is 15.1. The lowest BCUT2D eigenvalue weighted by atomic mass is 9.93. The molecule has 0 unspecified atom stereocenters. The fourth-order valence-corrected chi connectivity index (χ4v) is 6.74. The monoisotopic (exact) mass is 509 g/mol. The Labute approximate surface area is 184 Å². The van der Waals surface area contributed by atoms with Crippen LogP contribution in [-0.4, -0.2) is 37.8 Å². The molecule has 5 nitrogen and oxygen atoms in total. The summed E-state index contributed by atoms with van der Waals surface area (Å²) in [4.78, 5) is 33.6. The fraction of sp³-hybridized carbons (Fsp3) is 0.0909. The van der Waals surface area contributed by atoms with Crippen molar-refractivity contribution in [1.82, 2.24) is 13.9 Å². The van der Waals surface area contributed by atoms with Crippen LogP contribution in [0, 0.1) is 13.8 Å². The first kappa shape index (κ1) is 18.7. The number of halogens is 1. The van der Waals surface area contributed by atoms with Crippen molar-refractivity contribution in [3.8, 4) is 0 Å². The number of aromatic nitrogens is 2. The minimum atomic E-state index is -1.03. The Bertz CT molecular complexity index is 1260. The quantitative estimate of drug-likeness (QED) is 0.247.